The van der Waals surface area contributed by atoms with Crippen molar-refractivity contribution in [2.45, 2.75) is 26.9 Å². The molecule has 0 bridgehead atoms. The van der Waals surface area contributed by atoms with Crippen molar-refractivity contribution >= 4 is 17.8 Å². The number of nitrogens with zero attached hydrogens (tertiary/aromatic N) is 3. The quantitative estimate of drug-likeness (QED) is 0.706. The van der Waals surface area contributed by atoms with E-state index in [9.17, 15) is 0 Å². The first kappa shape index (κ1) is 17.9. The van der Waals surface area contributed by atoms with Gasteiger partial charge in [-0.3, -0.25) is 4.57 Å². The Bertz CT molecular complexity index is 1010. The first-order chi connectivity index (χ1) is 13.1. The number of benzene rings is 2. The molecule has 5 heteroatoms. The molecule has 1 aliphatic rings. The van der Waals surface area contributed by atoms with Crippen LogP contribution in [0.4, 0.5) is 0 Å². The lowest BCUT2D eigenvalue weighted by Gasteiger charge is -2.23. The fourth-order valence-corrected chi connectivity index (χ4v) is 4.01. The van der Waals surface area contributed by atoms with Gasteiger partial charge in [-0.25, -0.2) is 0 Å². The van der Waals surface area contributed by atoms with Crippen LogP contribution in [0.2, 0.25) is 0 Å². The zero-order valence-corrected chi connectivity index (χ0v) is 16.7. The SMILES string of the molecule is Cc1ccc(-n2c(C)nn(C[NH+]3CC=C(c4ccccc4)CC3)c2=S)cc1. The molecule has 1 N–H and O–H groups in total. The smallest absolute Gasteiger partial charge is 0.207 e. The number of aromatic nitrogens is 3. The van der Waals surface area contributed by atoms with Crippen molar-refractivity contribution in [3.8, 4) is 5.69 Å². The van der Waals surface area contributed by atoms with E-state index >= 15 is 0 Å². The lowest BCUT2D eigenvalue weighted by atomic mass is 10.00. The molecule has 0 saturated heterocycles. The molecule has 0 aliphatic carbocycles. The molecule has 1 aromatic heterocycles. The van der Waals surface area contributed by atoms with Gasteiger partial charge in [-0.05, 0) is 55.4 Å². The Balaban J connectivity index is 1.51. The first-order valence-corrected chi connectivity index (χ1v) is 9.84. The maximum Gasteiger partial charge on any atom is 0.207 e. The van der Waals surface area contributed by atoms with Gasteiger partial charge in [0.15, 0.2) is 6.67 Å². The summed E-state index contributed by atoms with van der Waals surface area (Å²) in [7, 11) is 0. The molecule has 0 radical (unpaired) electrons. The number of hydrogen-bond acceptors (Lipinski definition) is 2. The second-order valence-corrected chi connectivity index (χ2v) is 7.57. The van der Waals surface area contributed by atoms with Crippen molar-refractivity contribution in [1.29, 1.82) is 0 Å². The minimum Gasteiger partial charge on any atom is -0.313 e. The van der Waals surface area contributed by atoms with E-state index in [1.165, 1.54) is 21.6 Å². The van der Waals surface area contributed by atoms with E-state index in [4.69, 9.17) is 17.3 Å². The molecule has 2 heterocycles. The Hall–Kier alpha value is -2.50. The molecule has 1 atom stereocenters. The maximum atomic E-state index is 5.73. The minimum atomic E-state index is 0.765. The molecule has 1 aliphatic heterocycles. The van der Waals surface area contributed by atoms with Gasteiger partial charge in [0.1, 0.15) is 5.82 Å². The molecule has 0 amide bonds. The van der Waals surface area contributed by atoms with Gasteiger partial charge < -0.3 is 4.90 Å². The van der Waals surface area contributed by atoms with Gasteiger partial charge in [0.2, 0.25) is 4.77 Å². The zero-order valence-electron chi connectivity index (χ0n) is 15.9. The molecule has 0 saturated carbocycles. The average Bonchev–Trinajstić information content (AvgIpc) is 2.97. The highest BCUT2D eigenvalue weighted by Crippen LogP contribution is 2.18. The van der Waals surface area contributed by atoms with Crippen molar-refractivity contribution < 1.29 is 4.90 Å². The fraction of sp³-hybridized carbons (Fsp3) is 0.273. The molecule has 0 spiro atoms. The molecule has 4 rings (SSSR count). The molecule has 27 heavy (non-hydrogen) atoms. The average molecular weight is 378 g/mol. The Morgan fingerprint density at radius 2 is 1.78 bits per heavy atom. The standard InChI is InChI=1S/C22H24N4S/c1-17-8-10-21(11-9-17)26-18(2)23-25(22(26)27)16-24-14-12-20(13-15-24)19-6-4-3-5-7-19/h3-12H,13-16H2,1-2H3/p+1. The fourth-order valence-electron chi connectivity index (χ4n) is 3.66. The topological polar surface area (TPSA) is 27.2 Å². The summed E-state index contributed by atoms with van der Waals surface area (Å²) in [5.74, 6) is 0.931. The van der Waals surface area contributed by atoms with Crippen LogP contribution >= 0.6 is 12.2 Å². The normalized spacial score (nSPS) is 17.0. The molecule has 138 valence electrons. The minimum absolute atomic E-state index is 0.765. The molecule has 0 fully saturated rings. The van der Waals surface area contributed by atoms with Crippen LogP contribution in [-0.4, -0.2) is 27.4 Å². The van der Waals surface area contributed by atoms with Gasteiger partial charge in [0.25, 0.3) is 0 Å². The highest BCUT2D eigenvalue weighted by Gasteiger charge is 2.18. The van der Waals surface area contributed by atoms with Crippen LogP contribution in [0.3, 0.4) is 0 Å². The summed E-state index contributed by atoms with van der Waals surface area (Å²) < 4.78 is 4.80. The van der Waals surface area contributed by atoms with Crippen LogP contribution in [0, 0.1) is 18.6 Å². The number of rotatable bonds is 4. The number of quaternary nitrogens is 1. The second-order valence-electron chi connectivity index (χ2n) is 7.21. The second kappa shape index (κ2) is 7.62. The third-order valence-electron chi connectivity index (χ3n) is 5.20. The van der Waals surface area contributed by atoms with E-state index < -0.39 is 0 Å². The van der Waals surface area contributed by atoms with Crippen molar-refractivity contribution in [3.05, 3.63) is 82.4 Å². The Morgan fingerprint density at radius 3 is 2.44 bits per heavy atom. The van der Waals surface area contributed by atoms with Crippen LogP contribution in [-0.2, 0) is 6.67 Å². The third-order valence-corrected chi connectivity index (χ3v) is 5.59. The Labute approximate surface area is 165 Å². The van der Waals surface area contributed by atoms with Crippen LogP contribution in [0.1, 0.15) is 23.4 Å². The van der Waals surface area contributed by atoms with Crippen molar-refractivity contribution in [2.24, 2.45) is 0 Å². The summed E-state index contributed by atoms with van der Waals surface area (Å²) in [6, 6.07) is 19.1. The monoisotopic (exact) mass is 377 g/mol. The Kier molecular flexibility index (Phi) is 5.05. The molecular formula is C22H25N4S+. The molecule has 4 nitrogen and oxygen atoms in total. The summed E-state index contributed by atoms with van der Waals surface area (Å²) in [5.41, 5.74) is 5.11. The summed E-state index contributed by atoms with van der Waals surface area (Å²) in [6.45, 7) is 7.01. The van der Waals surface area contributed by atoms with E-state index in [1.807, 2.05) is 11.6 Å². The summed E-state index contributed by atoms with van der Waals surface area (Å²) in [5, 5.41) is 4.71. The molecular weight excluding hydrogens is 352 g/mol. The highest BCUT2D eigenvalue weighted by atomic mass is 32.1. The van der Waals surface area contributed by atoms with Crippen LogP contribution < -0.4 is 4.90 Å². The van der Waals surface area contributed by atoms with E-state index in [0.717, 1.165) is 42.5 Å². The summed E-state index contributed by atoms with van der Waals surface area (Å²) >= 11 is 5.73. The highest BCUT2D eigenvalue weighted by molar-refractivity contribution is 7.71. The Morgan fingerprint density at radius 1 is 1.04 bits per heavy atom. The van der Waals surface area contributed by atoms with Gasteiger partial charge in [0.05, 0.1) is 13.1 Å². The van der Waals surface area contributed by atoms with Gasteiger partial charge >= 0.3 is 0 Å². The third kappa shape index (κ3) is 3.80. The molecule has 3 aromatic rings. The van der Waals surface area contributed by atoms with E-state index in [-0.39, 0.29) is 0 Å². The van der Waals surface area contributed by atoms with Gasteiger partial charge in [-0.1, -0.05) is 48.0 Å². The molecule has 2 aromatic carbocycles. The van der Waals surface area contributed by atoms with Crippen LogP contribution in [0.15, 0.2) is 60.7 Å². The molecule has 1 unspecified atom stereocenters. The zero-order chi connectivity index (χ0) is 18.8. The maximum absolute atomic E-state index is 5.73. The summed E-state index contributed by atoms with van der Waals surface area (Å²) in [6.07, 6.45) is 3.45. The van der Waals surface area contributed by atoms with Gasteiger partial charge in [0, 0.05) is 12.1 Å². The predicted octanol–water partition coefficient (Wildman–Crippen LogP) is 3.35. The first-order valence-electron chi connectivity index (χ1n) is 9.43. The van der Waals surface area contributed by atoms with Gasteiger partial charge in [-0.2, -0.15) is 9.78 Å². The van der Waals surface area contributed by atoms with Gasteiger partial charge in [-0.15, -0.1) is 0 Å². The van der Waals surface area contributed by atoms with Crippen LogP contribution in [0.25, 0.3) is 11.3 Å². The van der Waals surface area contributed by atoms with E-state index in [1.54, 1.807) is 0 Å². The number of aryl methyl sites for hydroxylation is 2. The van der Waals surface area contributed by atoms with Crippen molar-refractivity contribution in [2.75, 3.05) is 13.1 Å². The number of hydrogen-bond donors (Lipinski definition) is 1. The van der Waals surface area contributed by atoms with Crippen molar-refractivity contribution in [1.82, 2.24) is 14.3 Å². The van der Waals surface area contributed by atoms with E-state index in [2.05, 4.69) is 72.2 Å². The van der Waals surface area contributed by atoms with Crippen LogP contribution in [0.5, 0.6) is 0 Å². The lowest BCUT2D eigenvalue weighted by Crippen LogP contribution is -3.11. The lowest BCUT2D eigenvalue weighted by molar-refractivity contribution is -0.918. The summed E-state index contributed by atoms with van der Waals surface area (Å²) in [4.78, 5) is 1.49. The number of nitrogens with one attached hydrogen (secondary N) is 1. The van der Waals surface area contributed by atoms with E-state index in [0.29, 0.717) is 0 Å². The van der Waals surface area contributed by atoms with Crippen molar-refractivity contribution in [3.63, 3.8) is 0 Å². The largest absolute Gasteiger partial charge is 0.313 e. The predicted molar refractivity (Wildman–Crippen MR) is 112 cm³/mol.